The van der Waals surface area contributed by atoms with Crippen molar-refractivity contribution in [2.24, 2.45) is 5.10 Å². The van der Waals surface area contributed by atoms with Crippen LogP contribution in [0.2, 0.25) is 0 Å². The fourth-order valence-corrected chi connectivity index (χ4v) is 4.58. The number of amides is 1. The van der Waals surface area contributed by atoms with Crippen LogP contribution in [0.5, 0.6) is 5.75 Å². The molecule has 10 nitrogen and oxygen atoms in total. The van der Waals surface area contributed by atoms with Gasteiger partial charge in [0.1, 0.15) is 28.2 Å². The number of methoxy groups -OCH3 is 1. The molecule has 4 heterocycles. The standard InChI is InChI=1S/C26H30FN7O3/c1-26(2,3)37-25(35)33-11-8-16(9-12-33)34-13-10-18-24(34)30-22(15-28-18)29-21-14-19(31-32-21)23-17(27)6-5-7-20(23)36-4/h5-7,10,13-16H,8-9,11-12H2,1-4H3,(H2,29,30,31,32)/p+1. The Morgan fingerprint density at radius 3 is 2.73 bits per heavy atom. The number of fused-ring (bicyclic) bond motifs is 1. The number of hydrogen-bond donors (Lipinski definition) is 2. The number of anilines is 1. The number of aromatic nitrogens is 3. The number of benzene rings is 1. The van der Waals surface area contributed by atoms with E-state index in [9.17, 15) is 9.18 Å². The Balaban J connectivity index is 1.29. The second-order valence-corrected chi connectivity index (χ2v) is 10.1. The van der Waals surface area contributed by atoms with E-state index in [2.05, 4.69) is 20.0 Å². The predicted molar refractivity (Wildman–Crippen MR) is 138 cm³/mol. The first-order chi connectivity index (χ1) is 17.7. The van der Waals surface area contributed by atoms with Gasteiger partial charge in [-0.3, -0.25) is 0 Å². The number of carbonyl (C=O) groups excluding carboxylic acids is 1. The number of ether oxygens (including phenoxy) is 2. The maximum absolute atomic E-state index is 14.5. The van der Waals surface area contributed by atoms with Gasteiger partial charge in [0.05, 0.1) is 19.4 Å². The molecule has 3 aromatic rings. The third-order valence-electron chi connectivity index (χ3n) is 6.30. The number of quaternary nitrogens is 1. The number of nitrogens with two attached hydrogens (primary N) is 1. The first-order valence-corrected chi connectivity index (χ1v) is 12.3. The van der Waals surface area contributed by atoms with Gasteiger partial charge in [-0.2, -0.15) is 5.43 Å². The number of likely N-dealkylation sites (tertiary alicyclic amines) is 1. The van der Waals surface area contributed by atoms with Crippen molar-refractivity contribution in [3.63, 3.8) is 0 Å². The monoisotopic (exact) mass is 508 g/mol. The lowest BCUT2D eigenvalue weighted by Gasteiger charge is -2.34. The average molecular weight is 509 g/mol. The highest BCUT2D eigenvalue weighted by Gasteiger charge is 2.28. The van der Waals surface area contributed by atoms with Crippen molar-refractivity contribution in [2.45, 2.75) is 45.3 Å². The summed E-state index contributed by atoms with van der Waals surface area (Å²) in [7, 11) is 1.51. The van der Waals surface area contributed by atoms with E-state index in [1.807, 2.05) is 33.0 Å². The second-order valence-electron chi connectivity index (χ2n) is 10.1. The normalized spacial score (nSPS) is 16.5. The summed E-state index contributed by atoms with van der Waals surface area (Å²) in [4.78, 5) is 23.5. The van der Waals surface area contributed by atoms with Crippen LogP contribution in [0, 0.1) is 5.82 Å². The Morgan fingerprint density at radius 1 is 1.22 bits per heavy atom. The van der Waals surface area contributed by atoms with Gasteiger partial charge in [0, 0.05) is 25.3 Å². The summed E-state index contributed by atoms with van der Waals surface area (Å²) in [6.45, 7) is 6.85. The summed E-state index contributed by atoms with van der Waals surface area (Å²) in [5.41, 5.74) is 3.58. The quantitative estimate of drug-likeness (QED) is 0.522. The molecule has 1 amide bonds. The number of nitrogens with zero attached hydrogens (tertiary/aromatic N) is 5. The second kappa shape index (κ2) is 9.81. The molecule has 0 saturated carbocycles. The lowest BCUT2D eigenvalue weighted by molar-refractivity contribution is -0.565. The van der Waals surface area contributed by atoms with Crippen molar-refractivity contribution in [1.29, 1.82) is 0 Å². The third-order valence-corrected chi connectivity index (χ3v) is 6.30. The summed E-state index contributed by atoms with van der Waals surface area (Å²) in [6, 6.07) is 6.84. The van der Waals surface area contributed by atoms with Crippen LogP contribution in [0.3, 0.4) is 0 Å². The molecule has 0 radical (unpaired) electrons. The highest BCUT2D eigenvalue weighted by atomic mass is 19.1. The van der Waals surface area contributed by atoms with E-state index < -0.39 is 5.60 Å². The zero-order valence-electron chi connectivity index (χ0n) is 21.4. The van der Waals surface area contributed by atoms with Gasteiger partial charge in [0.25, 0.3) is 0 Å². The summed E-state index contributed by atoms with van der Waals surface area (Å²) < 4.78 is 27.4. The van der Waals surface area contributed by atoms with Crippen molar-refractivity contribution in [1.82, 2.24) is 19.4 Å². The third kappa shape index (κ3) is 5.26. The van der Waals surface area contributed by atoms with Gasteiger partial charge in [0.2, 0.25) is 0 Å². The molecule has 0 aliphatic carbocycles. The van der Waals surface area contributed by atoms with Crippen molar-refractivity contribution in [3.05, 3.63) is 54.1 Å². The SMILES string of the molecule is COc1cccc(F)c1C1=CC(Nc2cnc3ccn(C4CCN(C(=O)OC(C)(C)C)CC4)c3n2)=N[NH2+]1. The molecule has 37 heavy (non-hydrogen) atoms. The number of rotatable bonds is 4. The number of piperidine rings is 1. The first kappa shape index (κ1) is 24.7. The first-order valence-electron chi connectivity index (χ1n) is 12.3. The number of halogens is 1. The van der Waals surface area contributed by atoms with Crippen LogP contribution in [0.1, 0.15) is 45.2 Å². The van der Waals surface area contributed by atoms with Gasteiger partial charge in [-0.15, -0.1) is 0 Å². The van der Waals surface area contributed by atoms with Gasteiger partial charge in [-0.05, 0) is 51.8 Å². The topological polar surface area (TPSA) is 110 Å². The van der Waals surface area contributed by atoms with Crippen molar-refractivity contribution in [3.8, 4) is 5.75 Å². The largest absolute Gasteiger partial charge is 0.496 e. The molecule has 2 aromatic heterocycles. The lowest BCUT2D eigenvalue weighted by atomic mass is 10.1. The molecule has 0 bridgehead atoms. The van der Waals surface area contributed by atoms with E-state index in [1.165, 1.54) is 13.2 Å². The summed E-state index contributed by atoms with van der Waals surface area (Å²) in [5, 5.41) is 7.55. The summed E-state index contributed by atoms with van der Waals surface area (Å²) in [5.74, 6) is 1.12. The average Bonchev–Trinajstić information content (AvgIpc) is 3.49. The molecule has 1 fully saturated rings. The highest BCUT2D eigenvalue weighted by molar-refractivity contribution is 6.07. The Kier molecular flexibility index (Phi) is 6.55. The van der Waals surface area contributed by atoms with Crippen LogP contribution >= 0.6 is 0 Å². The summed E-state index contributed by atoms with van der Waals surface area (Å²) in [6.07, 6.45) is 6.70. The molecule has 0 atom stereocenters. The molecule has 1 saturated heterocycles. The van der Waals surface area contributed by atoms with Crippen LogP contribution < -0.4 is 15.5 Å². The Bertz CT molecular complexity index is 1380. The molecule has 5 rings (SSSR count). The molecule has 11 heteroatoms. The number of amidine groups is 1. The smallest absolute Gasteiger partial charge is 0.410 e. The number of carbonyl (C=O) groups is 1. The predicted octanol–water partition coefficient (Wildman–Crippen LogP) is 3.49. The molecule has 2 aliphatic rings. The van der Waals surface area contributed by atoms with Crippen molar-refractivity contribution in [2.75, 3.05) is 25.5 Å². The molecular weight excluding hydrogens is 477 g/mol. The minimum absolute atomic E-state index is 0.193. The van der Waals surface area contributed by atoms with Gasteiger partial charge >= 0.3 is 6.09 Å². The maximum atomic E-state index is 14.5. The van der Waals surface area contributed by atoms with Gasteiger partial charge in [-0.25, -0.2) is 19.2 Å². The Labute approximate surface area is 214 Å². The molecule has 1 aromatic carbocycles. The molecule has 0 unspecified atom stereocenters. The van der Waals surface area contributed by atoms with Crippen LogP contribution in [-0.4, -0.2) is 57.2 Å². The molecule has 194 valence electrons. The van der Waals surface area contributed by atoms with E-state index in [0.717, 1.165) is 24.0 Å². The van der Waals surface area contributed by atoms with E-state index in [4.69, 9.17) is 14.5 Å². The van der Waals surface area contributed by atoms with Gasteiger partial charge < -0.3 is 24.3 Å². The van der Waals surface area contributed by atoms with Gasteiger partial charge in [-0.1, -0.05) is 11.2 Å². The van der Waals surface area contributed by atoms with Crippen molar-refractivity contribution >= 4 is 34.6 Å². The summed E-state index contributed by atoms with van der Waals surface area (Å²) >= 11 is 0. The van der Waals surface area contributed by atoms with Gasteiger partial charge in [0.15, 0.2) is 23.0 Å². The lowest BCUT2D eigenvalue weighted by Crippen LogP contribution is -2.73. The molecule has 3 N–H and O–H groups in total. The Morgan fingerprint density at radius 2 is 2.00 bits per heavy atom. The fourth-order valence-electron chi connectivity index (χ4n) is 4.58. The van der Waals surface area contributed by atoms with Crippen LogP contribution in [0.4, 0.5) is 15.0 Å². The van der Waals surface area contributed by atoms with Crippen LogP contribution in [-0.2, 0) is 4.74 Å². The fraction of sp³-hybridized carbons (Fsp3) is 0.385. The van der Waals surface area contributed by atoms with Crippen molar-refractivity contribution < 1.29 is 24.1 Å². The van der Waals surface area contributed by atoms with E-state index >= 15 is 0 Å². The Hall–Kier alpha value is -3.99. The zero-order chi connectivity index (χ0) is 26.2. The molecule has 2 aliphatic heterocycles. The minimum Gasteiger partial charge on any atom is -0.496 e. The number of hydrogen-bond acceptors (Lipinski definition) is 7. The zero-order valence-corrected chi connectivity index (χ0v) is 21.4. The van der Waals surface area contributed by atoms with E-state index in [0.29, 0.717) is 41.8 Å². The van der Waals surface area contributed by atoms with Crippen LogP contribution in [0.15, 0.2) is 47.8 Å². The maximum Gasteiger partial charge on any atom is 0.410 e. The minimum atomic E-state index is -0.512. The molecule has 0 spiro atoms. The van der Waals surface area contributed by atoms with Crippen LogP contribution in [0.25, 0.3) is 16.9 Å². The van der Waals surface area contributed by atoms with E-state index in [1.54, 1.807) is 34.7 Å². The number of nitrogens with one attached hydrogen (secondary N) is 1. The van der Waals surface area contributed by atoms with E-state index in [-0.39, 0.29) is 18.0 Å². The highest BCUT2D eigenvalue weighted by Crippen LogP contribution is 2.29. The molecular formula is C26H31FN7O3+.